The molecular formula is C91H84F2N2O8. The van der Waals surface area contributed by atoms with Crippen LogP contribution >= 0.6 is 0 Å². The number of rotatable bonds is 18. The van der Waals surface area contributed by atoms with E-state index in [4.69, 9.17) is 28.4 Å². The number of aromatic hydroxyl groups is 2. The summed E-state index contributed by atoms with van der Waals surface area (Å²) in [6, 6.07) is 53.9. The van der Waals surface area contributed by atoms with Crippen LogP contribution in [0.25, 0.3) is 77.2 Å². The molecule has 0 aliphatic rings. The van der Waals surface area contributed by atoms with E-state index in [9.17, 15) is 10.2 Å². The van der Waals surface area contributed by atoms with Crippen LogP contribution in [0, 0.1) is 122 Å². The van der Waals surface area contributed by atoms with Crippen molar-refractivity contribution < 1.29 is 47.4 Å². The lowest BCUT2D eigenvalue weighted by Gasteiger charge is -2.20. The van der Waals surface area contributed by atoms with Crippen molar-refractivity contribution in [2.75, 3.05) is 13.2 Å². The van der Waals surface area contributed by atoms with Crippen LogP contribution in [0.3, 0.4) is 0 Å². The van der Waals surface area contributed by atoms with E-state index in [0.717, 1.165) is 144 Å². The molecule has 0 unspecified atom stereocenters. The van der Waals surface area contributed by atoms with E-state index in [2.05, 4.69) is 107 Å². The van der Waals surface area contributed by atoms with Crippen LogP contribution in [0.15, 0.2) is 170 Å². The van der Waals surface area contributed by atoms with Crippen molar-refractivity contribution in [2.45, 2.75) is 117 Å². The number of phenols is 2. The molecule has 10 nitrogen and oxygen atoms in total. The molecule has 0 aliphatic heterocycles. The van der Waals surface area contributed by atoms with Gasteiger partial charge in [0.25, 0.3) is 0 Å². The molecule has 0 aliphatic carbocycles. The zero-order valence-electron chi connectivity index (χ0n) is 61.3. The second kappa shape index (κ2) is 27.1. The smallest absolute Gasteiger partial charge is 0.147 e. The first-order chi connectivity index (χ1) is 49.2. The maximum atomic E-state index is 16.1. The van der Waals surface area contributed by atoms with Crippen LogP contribution in [-0.4, -0.2) is 32.6 Å². The molecule has 520 valence electrons. The number of aromatic nitrogens is 2. The average Bonchev–Trinajstić information content (AvgIpc) is 1.60. The largest absolute Gasteiger partial charge is 0.505 e. The van der Waals surface area contributed by atoms with Crippen molar-refractivity contribution in [1.82, 2.24) is 9.13 Å². The molecule has 12 heteroatoms. The van der Waals surface area contributed by atoms with Gasteiger partial charge in [-0.25, -0.2) is 8.78 Å². The number of hydrogen-bond donors (Lipinski definition) is 2. The molecule has 12 aromatic carbocycles. The van der Waals surface area contributed by atoms with Crippen molar-refractivity contribution >= 4 is 43.6 Å². The quantitative estimate of drug-likeness (QED) is 0.0819. The van der Waals surface area contributed by atoms with Crippen molar-refractivity contribution in [3.05, 3.63) is 271 Å². The molecule has 0 spiro atoms. The zero-order chi connectivity index (χ0) is 72.7. The van der Waals surface area contributed by atoms with E-state index in [1.807, 2.05) is 144 Å². The monoisotopic (exact) mass is 1370 g/mol. The summed E-state index contributed by atoms with van der Waals surface area (Å²) in [4.78, 5) is 0. The van der Waals surface area contributed by atoms with Gasteiger partial charge in [0.15, 0.2) is 0 Å². The van der Waals surface area contributed by atoms with Crippen molar-refractivity contribution in [1.29, 1.82) is 0 Å². The molecule has 14 aromatic rings. The predicted octanol–water partition coefficient (Wildman–Crippen LogP) is 24.9. The van der Waals surface area contributed by atoms with Gasteiger partial charge in [-0.15, -0.1) is 0 Å². The fraction of sp³-hybridized carbons (Fsp3) is 0.209. The Labute approximate surface area is 600 Å². The van der Waals surface area contributed by atoms with Gasteiger partial charge in [-0.3, -0.25) is 0 Å². The van der Waals surface area contributed by atoms with Crippen LogP contribution < -0.4 is 28.4 Å². The molecule has 0 fully saturated rings. The minimum Gasteiger partial charge on any atom is -0.505 e. The third kappa shape index (κ3) is 13.1. The first-order valence-electron chi connectivity index (χ1n) is 35.0. The Morgan fingerprint density at radius 2 is 0.563 bits per heavy atom. The number of fused-ring (bicyclic) bond motifs is 6. The summed E-state index contributed by atoms with van der Waals surface area (Å²) in [7, 11) is 0. The maximum Gasteiger partial charge on any atom is 0.147 e. The highest BCUT2D eigenvalue weighted by Crippen LogP contribution is 2.49. The average molecular weight is 1370 g/mol. The minimum absolute atomic E-state index is 0.0976. The van der Waals surface area contributed by atoms with Crippen LogP contribution in [0.1, 0.15) is 95.4 Å². The van der Waals surface area contributed by atoms with Crippen molar-refractivity contribution in [3.63, 3.8) is 0 Å². The topological polar surface area (TPSA) is 106 Å². The summed E-state index contributed by atoms with van der Waals surface area (Å²) in [6.07, 6.45) is 0.335. The predicted molar refractivity (Wildman–Crippen MR) is 413 cm³/mol. The third-order valence-corrected chi connectivity index (χ3v) is 20.2. The summed E-state index contributed by atoms with van der Waals surface area (Å²) in [6.45, 7) is 32.4. The van der Waals surface area contributed by atoms with Crippen LogP contribution in [0.4, 0.5) is 8.78 Å². The van der Waals surface area contributed by atoms with Crippen molar-refractivity contribution in [3.8, 4) is 103 Å². The van der Waals surface area contributed by atoms with Gasteiger partial charge in [-0.1, -0.05) is 24.3 Å². The molecule has 103 heavy (non-hydrogen) atoms. The summed E-state index contributed by atoms with van der Waals surface area (Å²) in [5, 5.41) is 29.7. The number of hydrogen-bond acceptors (Lipinski definition) is 8. The number of halogens is 2. The van der Waals surface area contributed by atoms with Gasteiger partial charge in [0.1, 0.15) is 80.6 Å². The molecule has 0 bridgehead atoms. The lowest BCUT2D eigenvalue weighted by molar-refractivity contribution is 0.246. The van der Waals surface area contributed by atoms with E-state index in [1.165, 1.54) is 24.3 Å². The normalized spacial score (nSPS) is 11.6. The van der Waals surface area contributed by atoms with E-state index in [0.29, 0.717) is 85.7 Å². The Balaban J connectivity index is 0.798. The molecule has 2 heterocycles. The number of benzene rings is 12. The van der Waals surface area contributed by atoms with E-state index >= 15 is 8.78 Å². The van der Waals surface area contributed by atoms with E-state index in [1.54, 1.807) is 13.8 Å². The van der Waals surface area contributed by atoms with Crippen molar-refractivity contribution in [2.24, 2.45) is 0 Å². The van der Waals surface area contributed by atoms with Gasteiger partial charge in [0.05, 0.1) is 46.7 Å². The number of phenolic OH excluding ortho intramolecular Hbond substituents is 2. The first kappa shape index (κ1) is 68.6. The van der Waals surface area contributed by atoms with Gasteiger partial charge >= 0.3 is 0 Å². The molecule has 0 saturated carbocycles. The van der Waals surface area contributed by atoms with Gasteiger partial charge < -0.3 is 47.8 Å². The number of aryl methyl sites for hydroxylation is 12. The van der Waals surface area contributed by atoms with E-state index in [-0.39, 0.29) is 24.7 Å². The summed E-state index contributed by atoms with van der Waals surface area (Å²) >= 11 is 0. The standard InChI is InChI=1S/C91H84F2N2O8/c1-48-28-54(7)60(13)84(36-48)100-66-18-22-70-71-23-19-67(101-85-37-49(2)29-55(8)61(85)14)45-79(71)94(78(70)44-66)82-34-52(5)32-74(88(82)96)76-42-64(92)40-58(11)90(76)98-26-17-27-99-91-59(12)41-65(93)43-77(91)75-33-53(6)35-83(89(75)97)95-80-46-68(102-86-38-50(3)30-56(9)62(86)15)20-24-72(80)73-25-21-69(47-81(73)95)103-87-39-51(4)31-57(10)63(87)16/h18-25,28-47,96-97H,17,26-27H2,1-16H3. The minimum atomic E-state index is -0.501. The number of ether oxygens (including phenoxy) is 6. The zero-order valence-corrected chi connectivity index (χ0v) is 61.3. The summed E-state index contributed by atoms with van der Waals surface area (Å²) in [5.41, 5.74) is 21.0. The highest BCUT2D eigenvalue weighted by molar-refractivity contribution is 6.12. The highest BCUT2D eigenvalue weighted by Gasteiger charge is 2.27. The van der Waals surface area contributed by atoms with E-state index < -0.39 is 11.6 Å². The van der Waals surface area contributed by atoms with Gasteiger partial charge in [0.2, 0.25) is 0 Å². The number of nitrogens with zero attached hydrogens (tertiary/aromatic N) is 2. The summed E-state index contributed by atoms with van der Waals surface area (Å²) in [5.74, 6) is 5.00. The fourth-order valence-corrected chi connectivity index (χ4v) is 14.6. The molecule has 0 atom stereocenters. The SMILES string of the molecule is Cc1cc(C)c(C)c(Oc2ccc3c4ccc(Oc5cc(C)cc(C)c5C)cc4n(-c4cc(C)cc(-c5cc(F)cc(C)c5OCCCOc5c(C)cc(F)cc5-c5cc(C)cc(-n6c7cc(Oc8cc(C)cc(C)c8C)ccc7c7ccc(Oc8cc(C)cc(C)c8C)cc76)c5O)c4O)c3c2)c1. The molecule has 0 saturated heterocycles. The van der Waals surface area contributed by atoms with Crippen LogP contribution in [-0.2, 0) is 0 Å². The summed E-state index contributed by atoms with van der Waals surface area (Å²) < 4.78 is 76.5. The lowest BCUT2D eigenvalue weighted by Crippen LogP contribution is -2.08. The van der Waals surface area contributed by atoms with Gasteiger partial charge in [-0.05, 0) is 321 Å². The Morgan fingerprint density at radius 3 is 0.845 bits per heavy atom. The third-order valence-electron chi connectivity index (χ3n) is 20.2. The fourth-order valence-electron chi connectivity index (χ4n) is 14.6. The van der Waals surface area contributed by atoms with Gasteiger partial charge in [-0.2, -0.15) is 0 Å². The highest BCUT2D eigenvalue weighted by atomic mass is 19.1. The Bertz CT molecular complexity index is 5230. The molecular weight excluding hydrogens is 1290 g/mol. The molecule has 0 radical (unpaired) electrons. The molecule has 2 N–H and O–H groups in total. The molecule has 0 amide bonds. The molecule has 14 rings (SSSR count). The van der Waals surface area contributed by atoms with Gasteiger partial charge in [0, 0.05) is 74.5 Å². The first-order valence-corrected chi connectivity index (χ1v) is 35.0. The van der Waals surface area contributed by atoms with Crippen LogP contribution in [0.2, 0.25) is 0 Å². The Morgan fingerprint density at radius 1 is 0.291 bits per heavy atom. The maximum absolute atomic E-state index is 16.1. The van der Waals surface area contributed by atoms with Crippen LogP contribution in [0.5, 0.6) is 69.0 Å². The Kier molecular flexibility index (Phi) is 18.1. The lowest BCUT2D eigenvalue weighted by atomic mass is 9.97. The molecule has 2 aromatic heterocycles. The second-order valence-electron chi connectivity index (χ2n) is 28.2. The Hall–Kier alpha value is -11.5. The second-order valence-corrected chi connectivity index (χ2v) is 28.2.